The molecule has 4 rings (SSSR count). The third kappa shape index (κ3) is 2.93. The van der Waals surface area contributed by atoms with E-state index >= 15 is 0 Å². The predicted molar refractivity (Wildman–Crippen MR) is 97.4 cm³/mol. The predicted octanol–water partition coefficient (Wildman–Crippen LogP) is 4.95. The molecule has 0 amide bonds. The first-order chi connectivity index (χ1) is 11.2. The van der Waals surface area contributed by atoms with Gasteiger partial charge in [0.15, 0.2) is 0 Å². The van der Waals surface area contributed by atoms with E-state index in [1.54, 1.807) is 6.33 Å². The summed E-state index contributed by atoms with van der Waals surface area (Å²) in [5.41, 5.74) is 2.49. The Hall–Kier alpha value is -1.66. The fourth-order valence-corrected chi connectivity index (χ4v) is 3.52. The summed E-state index contributed by atoms with van der Waals surface area (Å²) in [6, 6.07) is 17.3. The Labute approximate surface area is 151 Å². The molecule has 0 bridgehead atoms. The Morgan fingerprint density at radius 1 is 0.913 bits per heavy atom. The molecule has 116 valence electrons. The number of nitrogens with one attached hydrogen (secondary N) is 1. The highest BCUT2D eigenvalue weighted by Gasteiger charge is 2.29. The van der Waals surface area contributed by atoms with Crippen LogP contribution in [0, 0.1) is 0 Å². The van der Waals surface area contributed by atoms with Gasteiger partial charge in [0, 0.05) is 8.95 Å². The Morgan fingerprint density at radius 3 is 2.17 bits per heavy atom. The average Bonchev–Trinajstić information content (AvgIpc) is 3.04. The number of anilines is 1. The molecule has 0 radical (unpaired) electrons. The lowest BCUT2D eigenvalue weighted by atomic mass is 9.93. The van der Waals surface area contributed by atoms with Crippen LogP contribution in [0.4, 0.5) is 5.95 Å². The number of hydrogen-bond acceptors (Lipinski definition) is 3. The van der Waals surface area contributed by atoms with E-state index in [9.17, 15) is 0 Å². The quantitative estimate of drug-likeness (QED) is 0.621. The summed E-state index contributed by atoms with van der Waals surface area (Å²) in [5.74, 6) is 0.817. The van der Waals surface area contributed by atoms with Gasteiger partial charge in [-0.3, -0.25) is 0 Å². The third-order valence-corrected chi connectivity index (χ3v) is 5.22. The second kappa shape index (κ2) is 6.09. The van der Waals surface area contributed by atoms with Gasteiger partial charge < -0.3 is 5.32 Å². The van der Waals surface area contributed by atoms with Crippen molar-refractivity contribution in [2.24, 2.45) is 0 Å². The fourth-order valence-electron chi connectivity index (χ4n) is 3.00. The van der Waals surface area contributed by atoms with Gasteiger partial charge in [-0.1, -0.05) is 56.1 Å². The van der Waals surface area contributed by atoms with Crippen molar-refractivity contribution in [3.8, 4) is 0 Å². The molecule has 0 aliphatic carbocycles. The molecule has 0 spiro atoms. The smallest absolute Gasteiger partial charge is 0.222 e. The van der Waals surface area contributed by atoms with E-state index in [1.165, 1.54) is 11.1 Å². The highest BCUT2D eigenvalue weighted by Crippen LogP contribution is 2.37. The van der Waals surface area contributed by atoms with E-state index in [0.29, 0.717) is 0 Å². The summed E-state index contributed by atoms with van der Waals surface area (Å²) >= 11 is 6.99. The van der Waals surface area contributed by atoms with Crippen LogP contribution in [-0.2, 0) is 0 Å². The lowest BCUT2D eigenvalue weighted by Gasteiger charge is -2.31. The first-order valence-electron chi connectivity index (χ1n) is 7.38. The van der Waals surface area contributed by atoms with Crippen LogP contribution in [0.3, 0.4) is 0 Å². The van der Waals surface area contributed by atoms with Gasteiger partial charge in [0.25, 0.3) is 0 Å². The van der Waals surface area contributed by atoms with Gasteiger partial charge in [0.1, 0.15) is 6.33 Å². The molecule has 0 saturated carbocycles. The van der Waals surface area contributed by atoms with Crippen molar-refractivity contribution in [2.45, 2.75) is 18.5 Å². The molecule has 1 N–H and O–H groups in total. The minimum atomic E-state index is 0.176. The van der Waals surface area contributed by atoms with Crippen LogP contribution in [-0.4, -0.2) is 14.8 Å². The number of nitrogens with zero attached hydrogens (tertiary/aromatic N) is 3. The van der Waals surface area contributed by atoms with Gasteiger partial charge in [-0.25, -0.2) is 4.68 Å². The molecule has 1 aliphatic rings. The molecule has 0 saturated heterocycles. The molecule has 2 heterocycles. The van der Waals surface area contributed by atoms with Crippen molar-refractivity contribution in [3.63, 3.8) is 0 Å². The highest BCUT2D eigenvalue weighted by atomic mass is 79.9. The normalized spacial score (nSPS) is 19.9. The summed E-state index contributed by atoms with van der Waals surface area (Å²) in [5, 5.41) is 7.89. The summed E-state index contributed by atoms with van der Waals surface area (Å²) < 4.78 is 4.14. The second-order valence-electron chi connectivity index (χ2n) is 5.58. The number of halogens is 2. The van der Waals surface area contributed by atoms with E-state index in [1.807, 2.05) is 4.68 Å². The Kier molecular flexibility index (Phi) is 3.95. The first-order valence-corrected chi connectivity index (χ1v) is 8.96. The zero-order chi connectivity index (χ0) is 15.8. The highest BCUT2D eigenvalue weighted by molar-refractivity contribution is 9.10. The maximum Gasteiger partial charge on any atom is 0.222 e. The third-order valence-electron chi connectivity index (χ3n) is 4.16. The van der Waals surface area contributed by atoms with Crippen LogP contribution >= 0.6 is 31.9 Å². The van der Waals surface area contributed by atoms with Crippen molar-refractivity contribution < 1.29 is 0 Å². The molecule has 2 atom stereocenters. The lowest BCUT2D eigenvalue weighted by Crippen LogP contribution is -2.28. The van der Waals surface area contributed by atoms with Crippen LogP contribution in [0.25, 0.3) is 0 Å². The lowest BCUT2D eigenvalue weighted by molar-refractivity contribution is 0.431. The number of aromatic nitrogens is 3. The standard InChI is InChI=1S/C17H14Br2N4/c18-13-5-1-11(2-6-13)15-9-16(12-3-7-14(19)8-4-12)23-17(22-15)20-10-21-23/h1-8,10,15-16H,9H2,(H,20,21,22)/t15-,16+/m0/s1. The van der Waals surface area contributed by atoms with Crippen molar-refractivity contribution in [3.05, 3.63) is 74.9 Å². The minimum Gasteiger partial charge on any atom is -0.348 e. The molecule has 0 fully saturated rings. The van der Waals surface area contributed by atoms with Gasteiger partial charge in [-0.15, -0.1) is 0 Å². The van der Waals surface area contributed by atoms with E-state index in [4.69, 9.17) is 0 Å². The van der Waals surface area contributed by atoms with E-state index in [2.05, 4.69) is 95.8 Å². The number of benzene rings is 2. The molecular weight excluding hydrogens is 420 g/mol. The largest absolute Gasteiger partial charge is 0.348 e. The SMILES string of the molecule is Brc1ccc([C@@H]2C[C@H](c3ccc(Br)cc3)n3ncnc3N2)cc1. The topological polar surface area (TPSA) is 42.7 Å². The van der Waals surface area contributed by atoms with E-state index in [-0.39, 0.29) is 12.1 Å². The van der Waals surface area contributed by atoms with Crippen LogP contribution in [0.15, 0.2) is 63.8 Å². The van der Waals surface area contributed by atoms with Crippen molar-refractivity contribution in [1.82, 2.24) is 14.8 Å². The minimum absolute atomic E-state index is 0.176. The second-order valence-corrected chi connectivity index (χ2v) is 7.41. The average molecular weight is 434 g/mol. The Morgan fingerprint density at radius 2 is 1.52 bits per heavy atom. The van der Waals surface area contributed by atoms with Crippen LogP contribution in [0.1, 0.15) is 29.6 Å². The Bertz CT molecular complexity index is 811. The molecule has 23 heavy (non-hydrogen) atoms. The summed E-state index contributed by atoms with van der Waals surface area (Å²) in [7, 11) is 0. The summed E-state index contributed by atoms with van der Waals surface area (Å²) in [4.78, 5) is 4.37. The number of hydrogen-bond donors (Lipinski definition) is 1. The molecule has 1 aromatic heterocycles. The van der Waals surface area contributed by atoms with Gasteiger partial charge in [-0.05, 0) is 41.8 Å². The van der Waals surface area contributed by atoms with Crippen LogP contribution < -0.4 is 5.32 Å². The molecule has 0 unspecified atom stereocenters. The van der Waals surface area contributed by atoms with E-state index in [0.717, 1.165) is 21.3 Å². The first kappa shape index (κ1) is 14.9. The zero-order valence-corrected chi connectivity index (χ0v) is 15.3. The molecule has 4 nitrogen and oxygen atoms in total. The summed E-state index contributed by atoms with van der Waals surface area (Å²) in [6.07, 6.45) is 2.54. The van der Waals surface area contributed by atoms with Crippen LogP contribution in [0.2, 0.25) is 0 Å². The Balaban J connectivity index is 1.71. The van der Waals surface area contributed by atoms with Crippen molar-refractivity contribution in [2.75, 3.05) is 5.32 Å². The maximum atomic E-state index is 4.40. The van der Waals surface area contributed by atoms with Gasteiger partial charge in [-0.2, -0.15) is 10.1 Å². The number of fused-ring (bicyclic) bond motifs is 1. The van der Waals surface area contributed by atoms with Crippen LogP contribution in [0.5, 0.6) is 0 Å². The molecule has 1 aliphatic heterocycles. The van der Waals surface area contributed by atoms with E-state index < -0.39 is 0 Å². The monoisotopic (exact) mass is 432 g/mol. The summed E-state index contributed by atoms with van der Waals surface area (Å²) in [6.45, 7) is 0. The van der Waals surface area contributed by atoms with Gasteiger partial charge in [0.05, 0.1) is 12.1 Å². The number of rotatable bonds is 2. The maximum absolute atomic E-state index is 4.40. The molecule has 3 aromatic rings. The van der Waals surface area contributed by atoms with Crippen molar-refractivity contribution >= 4 is 37.8 Å². The van der Waals surface area contributed by atoms with Gasteiger partial charge >= 0.3 is 0 Å². The molecule has 6 heteroatoms. The zero-order valence-electron chi connectivity index (χ0n) is 12.2. The molecule has 2 aromatic carbocycles. The van der Waals surface area contributed by atoms with Crippen molar-refractivity contribution in [1.29, 1.82) is 0 Å². The van der Waals surface area contributed by atoms with Gasteiger partial charge in [0.2, 0.25) is 5.95 Å². The molecular formula is C17H14Br2N4. The fraction of sp³-hybridized carbons (Fsp3) is 0.176.